The highest BCUT2D eigenvalue weighted by Crippen LogP contribution is 2.28. The molecule has 2 rings (SSSR count). The van der Waals surface area contributed by atoms with Crippen LogP contribution in [0.5, 0.6) is 0 Å². The van der Waals surface area contributed by atoms with Gasteiger partial charge in [-0.25, -0.2) is 0 Å². The van der Waals surface area contributed by atoms with E-state index in [4.69, 9.17) is 5.11 Å². The summed E-state index contributed by atoms with van der Waals surface area (Å²) in [6.45, 7) is 7.19. The van der Waals surface area contributed by atoms with E-state index in [0.717, 1.165) is 17.7 Å². The van der Waals surface area contributed by atoms with E-state index >= 15 is 0 Å². The zero-order valence-corrected chi connectivity index (χ0v) is 13.7. The van der Waals surface area contributed by atoms with E-state index < -0.39 is 5.97 Å². The topological polar surface area (TPSA) is 57.6 Å². The number of aliphatic carboxylic acids is 1. The second-order valence-electron chi connectivity index (χ2n) is 5.90. The molecule has 1 aliphatic rings. The number of carbonyl (C=O) groups excluding carboxylic acids is 1. The molecule has 1 amide bonds. The van der Waals surface area contributed by atoms with E-state index in [1.54, 1.807) is 11.3 Å². The Kier molecular flexibility index (Phi) is 5.04. The van der Waals surface area contributed by atoms with Crippen molar-refractivity contribution in [3.63, 3.8) is 0 Å². The lowest BCUT2D eigenvalue weighted by molar-refractivity contribution is -0.145. The third kappa shape index (κ3) is 3.46. The maximum Gasteiger partial charge on any atom is 0.306 e. The molecule has 4 nitrogen and oxygen atoms in total. The van der Waals surface area contributed by atoms with Gasteiger partial charge in [-0.1, -0.05) is 20.3 Å². The predicted octanol–water partition coefficient (Wildman–Crippen LogP) is 3.19. The second-order valence-corrected chi connectivity index (χ2v) is 7.16. The first-order valence-electron chi connectivity index (χ1n) is 7.55. The predicted molar refractivity (Wildman–Crippen MR) is 83.9 cm³/mol. The summed E-state index contributed by atoms with van der Waals surface area (Å²) in [4.78, 5) is 27.5. The van der Waals surface area contributed by atoms with Crippen molar-refractivity contribution < 1.29 is 14.7 Å². The van der Waals surface area contributed by atoms with E-state index in [-0.39, 0.29) is 17.7 Å². The number of hydrogen-bond donors (Lipinski definition) is 1. The minimum absolute atomic E-state index is 0.0105. The van der Waals surface area contributed by atoms with Crippen LogP contribution in [0.25, 0.3) is 0 Å². The number of carboxylic acid groups (broad SMARTS) is 1. The van der Waals surface area contributed by atoms with E-state index in [1.807, 2.05) is 17.9 Å². The van der Waals surface area contributed by atoms with Crippen molar-refractivity contribution >= 4 is 23.2 Å². The minimum atomic E-state index is -0.744. The maximum atomic E-state index is 12.6. The van der Waals surface area contributed by atoms with E-state index in [9.17, 15) is 9.59 Å². The summed E-state index contributed by atoms with van der Waals surface area (Å²) in [5.74, 6) is -1.00. The number of carbonyl (C=O) groups is 2. The normalized spacial score (nSPS) is 22.3. The molecule has 1 fully saturated rings. The van der Waals surface area contributed by atoms with Gasteiger partial charge in [-0.15, -0.1) is 11.3 Å². The number of nitrogens with zero attached hydrogens (tertiary/aromatic N) is 1. The van der Waals surface area contributed by atoms with Crippen molar-refractivity contribution in [1.29, 1.82) is 0 Å². The van der Waals surface area contributed by atoms with Gasteiger partial charge in [0.1, 0.15) is 0 Å². The monoisotopic (exact) mass is 309 g/mol. The molecule has 0 spiro atoms. The van der Waals surface area contributed by atoms with Gasteiger partial charge in [0.2, 0.25) is 0 Å². The SMILES string of the molecule is CCCc1cc(C(=O)N2CCC(C(=O)O)C(C)C2)sc1C. The summed E-state index contributed by atoms with van der Waals surface area (Å²) in [5, 5.41) is 9.15. The molecule has 1 N–H and O–H groups in total. The molecule has 0 bridgehead atoms. The highest BCUT2D eigenvalue weighted by atomic mass is 32.1. The van der Waals surface area contributed by atoms with Gasteiger partial charge < -0.3 is 10.0 Å². The summed E-state index contributed by atoms with van der Waals surface area (Å²) >= 11 is 1.56. The third-order valence-electron chi connectivity index (χ3n) is 4.26. The van der Waals surface area contributed by atoms with Gasteiger partial charge in [-0.05, 0) is 37.3 Å². The molecule has 0 saturated carbocycles. The van der Waals surface area contributed by atoms with Crippen molar-refractivity contribution in [1.82, 2.24) is 4.90 Å². The standard InChI is InChI=1S/C16H23NO3S/c1-4-5-12-8-14(21-11(12)3)15(18)17-7-6-13(16(19)20)10(2)9-17/h8,10,13H,4-7,9H2,1-3H3,(H,19,20). The van der Waals surface area contributed by atoms with Crippen LogP contribution in [0.4, 0.5) is 0 Å². The Hall–Kier alpha value is -1.36. The first-order valence-corrected chi connectivity index (χ1v) is 8.37. The van der Waals surface area contributed by atoms with Gasteiger partial charge in [-0.2, -0.15) is 0 Å². The number of aryl methyl sites for hydroxylation is 2. The van der Waals surface area contributed by atoms with Crippen LogP contribution in [0, 0.1) is 18.8 Å². The lowest BCUT2D eigenvalue weighted by Gasteiger charge is -2.34. The average molecular weight is 309 g/mol. The van der Waals surface area contributed by atoms with Gasteiger partial charge in [-0.3, -0.25) is 9.59 Å². The molecule has 0 radical (unpaired) electrons. The van der Waals surface area contributed by atoms with Crippen LogP contribution in [0.3, 0.4) is 0 Å². The van der Waals surface area contributed by atoms with Crippen LogP contribution in [0.1, 0.15) is 46.8 Å². The van der Waals surface area contributed by atoms with Crippen LogP contribution in [0.2, 0.25) is 0 Å². The molecule has 1 aromatic rings. The number of thiophene rings is 1. The summed E-state index contributed by atoms with van der Waals surface area (Å²) < 4.78 is 0. The van der Waals surface area contributed by atoms with E-state index in [0.29, 0.717) is 19.5 Å². The molecule has 5 heteroatoms. The summed E-state index contributed by atoms with van der Waals surface area (Å²) in [7, 11) is 0. The lowest BCUT2D eigenvalue weighted by Crippen LogP contribution is -2.44. The fourth-order valence-electron chi connectivity index (χ4n) is 3.00. The number of carboxylic acids is 1. The zero-order chi connectivity index (χ0) is 15.6. The summed E-state index contributed by atoms with van der Waals surface area (Å²) in [5.41, 5.74) is 1.26. The van der Waals surface area contributed by atoms with Crippen molar-refractivity contribution in [2.75, 3.05) is 13.1 Å². The molecule has 1 saturated heterocycles. The van der Waals surface area contributed by atoms with Crippen molar-refractivity contribution in [2.24, 2.45) is 11.8 Å². The summed E-state index contributed by atoms with van der Waals surface area (Å²) in [6, 6.07) is 2.01. The Bertz CT molecular complexity index is 538. The van der Waals surface area contributed by atoms with Crippen LogP contribution >= 0.6 is 11.3 Å². The molecule has 0 aliphatic carbocycles. The Balaban J connectivity index is 2.07. The molecule has 2 atom stereocenters. The fraction of sp³-hybridized carbons (Fsp3) is 0.625. The Morgan fingerprint density at radius 2 is 2.19 bits per heavy atom. The number of rotatable bonds is 4. The molecule has 2 heterocycles. The molecule has 116 valence electrons. The van der Waals surface area contributed by atoms with Crippen LogP contribution < -0.4 is 0 Å². The largest absolute Gasteiger partial charge is 0.481 e. The Labute approximate surface area is 129 Å². The first kappa shape index (κ1) is 16.0. The molecule has 1 aromatic heterocycles. The van der Waals surface area contributed by atoms with Gasteiger partial charge in [0, 0.05) is 18.0 Å². The van der Waals surface area contributed by atoms with Crippen LogP contribution in [0.15, 0.2) is 6.07 Å². The molecular formula is C16H23NO3S. The van der Waals surface area contributed by atoms with E-state index in [1.165, 1.54) is 10.4 Å². The number of amides is 1. The molecule has 2 unspecified atom stereocenters. The molecule has 0 aromatic carbocycles. The number of hydrogen-bond acceptors (Lipinski definition) is 3. The van der Waals surface area contributed by atoms with Gasteiger partial charge in [0.15, 0.2) is 0 Å². The third-order valence-corrected chi connectivity index (χ3v) is 5.34. The lowest BCUT2D eigenvalue weighted by atomic mass is 9.87. The second kappa shape index (κ2) is 6.60. The number of piperidine rings is 1. The minimum Gasteiger partial charge on any atom is -0.481 e. The molecule has 1 aliphatic heterocycles. The van der Waals surface area contributed by atoms with Gasteiger partial charge in [0.25, 0.3) is 5.91 Å². The summed E-state index contributed by atoms with van der Waals surface area (Å²) in [6.07, 6.45) is 2.63. The quantitative estimate of drug-likeness (QED) is 0.929. The Morgan fingerprint density at radius 3 is 2.76 bits per heavy atom. The van der Waals surface area contributed by atoms with Crippen molar-refractivity contribution in [3.05, 3.63) is 21.4 Å². The van der Waals surface area contributed by atoms with Gasteiger partial charge >= 0.3 is 5.97 Å². The highest BCUT2D eigenvalue weighted by molar-refractivity contribution is 7.14. The maximum absolute atomic E-state index is 12.6. The zero-order valence-electron chi connectivity index (χ0n) is 12.9. The first-order chi connectivity index (χ1) is 9.93. The number of likely N-dealkylation sites (tertiary alicyclic amines) is 1. The van der Waals surface area contributed by atoms with Crippen molar-refractivity contribution in [3.8, 4) is 0 Å². The Morgan fingerprint density at radius 1 is 1.48 bits per heavy atom. The van der Waals surface area contributed by atoms with Gasteiger partial charge in [0.05, 0.1) is 10.8 Å². The fourth-order valence-corrected chi connectivity index (χ4v) is 4.04. The van der Waals surface area contributed by atoms with Crippen molar-refractivity contribution in [2.45, 2.75) is 40.0 Å². The molecular weight excluding hydrogens is 286 g/mol. The van der Waals surface area contributed by atoms with E-state index in [2.05, 4.69) is 13.8 Å². The smallest absolute Gasteiger partial charge is 0.306 e. The highest BCUT2D eigenvalue weighted by Gasteiger charge is 2.33. The van der Waals surface area contributed by atoms with Crippen LogP contribution in [-0.2, 0) is 11.2 Å². The van der Waals surface area contributed by atoms with Crippen LogP contribution in [-0.4, -0.2) is 35.0 Å². The average Bonchev–Trinajstić information content (AvgIpc) is 2.79. The molecule has 21 heavy (non-hydrogen) atoms.